The van der Waals surface area contributed by atoms with Gasteiger partial charge in [-0.2, -0.15) is 0 Å². The fraction of sp³-hybridized carbons (Fsp3) is 0.647. The van der Waals surface area contributed by atoms with Crippen LogP contribution >= 0.6 is 15.9 Å². The van der Waals surface area contributed by atoms with Gasteiger partial charge in [0.25, 0.3) is 0 Å². The molecule has 0 radical (unpaired) electrons. The summed E-state index contributed by atoms with van der Waals surface area (Å²) < 4.78 is 1.15. The van der Waals surface area contributed by atoms with Crippen LogP contribution in [0.2, 0.25) is 0 Å². The Hall–Kier alpha value is -0.540. The maximum atomic E-state index is 3.61. The van der Waals surface area contributed by atoms with Crippen LogP contribution in [0.3, 0.4) is 0 Å². The summed E-state index contributed by atoms with van der Waals surface area (Å²) in [5, 5.41) is 3.53. The molecule has 1 rings (SSSR count). The molecule has 0 aliphatic carbocycles. The van der Waals surface area contributed by atoms with E-state index in [9.17, 15) is 0 Å². The third-order valence-electron chi connectivity index (χ3n) is 3.46. The van der Waals surface area contributed by atoms with Gasteiger partial charge in [0, 0.05) is 28.8 Å². The highest BCUT2D eigenvalue weighted by molar-refractivity contribution is 9.10. The Bertz CT molecular complexity index is 415. The summed E-state index contributed by atoms with van der Waals surface area (Å²) in [6, 6.07) is 7.51. The number of anilines is 1. The van der Waals surface area contributed by atoms with E-state index in [0.29, 0.717) is 18.0 Å². The Morgan fingerprint density at radius 3 is 2.30 bits per heavy atom. The topological polar surface area (TPSA) is 15.3 Å². The van der Waals surface area contributed by atoms with Crippen LogP contribution in [0.1, 0.15) is 53.1 Å². The number of nitrogens with one attached hydrogen (secondary N) is 1. The number of halogens is 1. The molecule has 1 atom stereocenters. The van der Waals surface area contributed by atoms with Crippen molar-refractivity contribution >= 4 is 21.6 Å². The zero-order valence-electron chi connectivity index (χ0n) is 13.7. The first-order valence-corrected chi connectivity index (χ1v) is 8.45. The molecule has 20 heavy (non-hydrogen) atoms. The van der Waals surface area contributed by atoms with Gasteiger partial charge in [0.15, 0.2) is 0 Å². The number of hydrogen-bond acceptors (Lipinski definition) is 2. The van der Waals surface area contributed by atoms with Crippen molar-refractivity contribution in [2.75, 3.05) is 18.0 Å². The van der Waals surface area contributed by atoms with Crippen molar-refractivity contribution < 1.29 is 0 Å². The molecule has 0 aromatic heterocycles. The standard InChI is InChI=1S/C17H29BrN2/c1-7-19-14(6)16-10-15(18)8-9-17(16)20(13(4)5)11-12(2)3/h8-10,12-14,19H,7,11H2,1-6H3. The minimum absolute atomic E-state index is 0.362. The van der Waals surface area contributed by atoms with Crippen LogP contribution in [0, 0.1) is 5.92 Å². The van der Waals surface area contributed by atoms with E-state index in [0.717, 1.165) is 17.6 Å². The van der Waals surface area contributed by atoms with Gasteiger partial charge in [0.2, 0.25) is 0 Å². The molecule has 3 heteroatoms. The second kappa shape index (κ2) is 8.04. The fourth-order valence-electron chi connectivity index (χ4n) is 2.53. The SMILES string of the molecule is CCNC(C)c1cc(Br)ccc1N(CC(C)C)C(C)C. The zero-order valence-corrected chi connectivity index (χ0v) is 15.3. The van der Waals surface area contributed by atoms with Gasteiger partial charge in [0.05, 0.1) is 0 Å². The molecule has 114 valence electrons. The lowest BCUT2D eigenvalue weighted by Crippen LogP contribution is -2.35. The smallest absolute Gasteiger partial charge is 0.0417 e. The van der Waals surface area contributed by atoms with Gasteiger partial charge in [-0.3, -0.25) is 0 Å². The maximum absolute atomic E-state index is 3.61. The van der Waals surface area contributed by atoms with Gasteiger partial charge >= 0.3 is 0 Å². The molecule has 1 aromatic carbocycles. The molecule has 1 aromatic rings. The van der Waals surface area contributed by atoms with Gasteiger partial charge in [-0.15, -0.1) is 0 Å². The summed E-state index contributed by atoms with van der Waals surface area (Å²) in [4.78, 5) is 2.51. The van der Waals surface area contributed by atoms with Crippen LogP contribution < -0.4 is 10.2 Å². The quantitative estimate of drug-likeness (QED) is 0.752. The average Bonchev–Trinajstić information content (AvgIpc) is 2.36. The molecule has 0 heterocycles. The van der Waals surface area contributed by atoms with E-state index in [1.165, 1.54) is 11.3 Å². The van der Waals surface area contributed by atoms with E-state index < -0.39 is 0 Å². The highest BCUT2D eigenvalue weighted by atomic mass is 79.9. The third kappa shape index (κ3) is 4.78. The van der Waals surface area contributed by atoms with Gasteiger partial charge in [-0.05, 0) is 57.0 Å². The van der Waals surface area contributed by atoms with Crippen LogP contribution in [0.4, 0.5) is 5.69 Å². The Morgan fingerprint density at radius 1 is 1.15 bits per heavy atom. The predicted molar refractivity (Wildman–Crippen MR) is 93.6 cm³/mol. The highest BCUT2D eigenvalue weighted by Gasteiger charge is 2.18. The fourth-order valence-corrected chi connectivity index (χ4v) is 2.91. The Kier molecular flexibility index (Phi) is 7.04. The Labute approximate surface area is 133 Å². The van der Waals surface area contributed by atoms with Gasteiger partial charge in [-0.1, -0.05) is 36.7 Å². The van der Waals surface area contributed by atoms with Crippen molar-refractivity contribution in [3.63, 3.8) is 0 Å². The number of benzene rings is 1. The summed E-state index contributed by atoms with van der Waals surface area (Å²) >= 11 is 3.61. The first kappa shape index (κ1) is 17.5. The Balaban J connectivity index is 3.19. The maximum Gasteiger partial charge on any atom is 0.0417 e. The van der Waals surface area contributed by atoms with Gasteiger partial charge in [-0.25, -0.2) is 0 Å². The number of rotatable bonds is 7. The minimum atomic E-state index is 0.362. The average molecular weight is 341 g/mol. The summed E-state index contributed by atoms with van der Waals surface area (Å²) in [7, 11) is 0. The van der Waals surface area contributed by atoms with E-state index in [1.54, 1.807) is 0 Å². The van der Waals surface area contributed by atoms with Gasteiger partial charge in [0.1, 0.15) is 0 Å². The molecule has 0 bridgehead atoms. The largest absolute Gasteiger partial charge is 0.369 e. The lowest BCUT2D eigenvalue weighted by molar-refractivity contribution is 0.557. The molecule has 1 N–H and O–H groups in total. The summed E-state index contributed by atoms with van der Waals surface area (Å²) in [6.07, 6.45) is 0. The molecule has 0 fully saturated rings. The van der Waals surface area contributed by atoms with Crippen molar-refractivity contribution in [3.8, 4) is 0 Å². The molecule has 0 aliphatic rings. The molecule has 2 nitrogen and oxygen atoms in total. The van der Waals surface area contributed by atoms with Gasteiger partial charge < -0.3 is 10.2 Å². The molecule has 0 aliphatic heterocycles. The van der Waals surface area contributed by atoms with Crippen molar-refractivity contribution in [1.82, 2.24) is 5.32 Å². The van der Waals surface area contributed by atoms with Crippen LogP contribution in [0.15, 0.2) is 22.7 Å². The first-order valence-electron chi connectivity index (χ1n) is 7.66. The third-order valence-corrected chi connectivity index (χ3v) is 3.95. The molecule has 0 spiro atoms. The molecular weight excluding hydrogens is 312 g/mol. The van der Waals surface area contributed by atoms with E-state index in [-0.39, 0.29) is 0 Å². The summed E-state index contributed by atoms with van der Waals surface area (Å²) in [6.45, 7) is 15.6. The van der Waals surface area contributed by atoms with Crippen LogP contribution in [0.5, 0.6) is 0 Å². The second-order valence-corrected chi connectivity index (χ2v) is 7.04. The zero-order chi connectivity index (χ0) is 15.3. The molecule has 0 saturated carbocycles. The van der Waals surface area contributed by atoms with Crippen molar-refractivity contribution in [2.45, 2.75) is 53.6 Å². The Morgan fingerprint density at radius 2 is 1.80 bits per heavy atom. The van der Waals surface area contributed by atoms with Crippen molar-refractivity contribution in [2.24, 2.45) is 5.92 Å². The lowest BCUT2D eigenvalue weighted by Gasteiger charge is -2.34. The normalized spacial score (nSPS) is 13.1. The summed E-state index contributed by atoms with van der Waals surface area (Å²) in [5.74, 6) is 0.656. The highest BCUT2D eigenvalue weighted by Crippen LogP contribution is 2.31. The van der Waals surface area contributed by atoms with E-state index in [1.807, 2.05) is 0 Å². The van der Waals surface area contributed by atoms with Crippen LogP contribution in [-0.4, -0.2) is 19.1 Å². The molecule has 0 amide bonds. The minimum Gasteiger partial charge on any atom is -0.369 e. The van der Waals surface area contributed by atoms with E-state index >= 15 is 0 Å². The van der Waals surface area contributed by atoms with E-state index in [4.69, 9.17) is 0 Å². The van der Waals surface area contributed by atoms with Crippen molar-refractivity contribution in [3.05, 3.63) is 28.2 Å². The number of hydrogen-bond donors (Lipinski definition) is 1. The molecule has 0 saturated heterocycles. The van der Waals surface area contributed by atoms with Crippen LogP contribution in [0.25, 0.3) is 0 Å². The second-order valence-electron chi connectivity index (χ2n) is 6.12. The lowest BCUT2D eigenvalue weighted by atomic mass is 10.0. The monoisotopic (exact) mass is 340 g/mol. The first-order chi connectivity index (χ1) is 9.36. The van der Waals surface area contributed by atoms with Crippen molar-refractivity contribution in [1.29, 1.82) is 0 Å². The molecular formula is C17H29BrN2. The van der Waals surface area contributed by atoms with Crippen LogP contribution in [-0.2, 0) is 0 Å². The predicted octanol–water partition coefficient (Wildman–Crippen LogP) is 4.99. The summed E-state index contributed by atoms with van der Waals surface area (Å²) in [5.41, 5.74) is 2.72. The van der Waals surface area contributed by atoms with E-state index in [2.05, 4.69) is 85.9 Å². The molecule has 1 unspecified atom stereocenters. The number of nitrogens with zero attached hydrogens (tertiary/aromatic N) is 1.